The molecular weight excluding hydrogens is 348 g/mol. The van der Waals surface area contributed by atoms with Gasteiger partial charge in [-0.2, -0.15) is 0 Å². The molecule has 0 spiro atoms. The number of rotatable bonds is 6. The van der Waals surface area contributed by atoms with Gasteiger partial charge < -0.3 is 10.1 Å². The normalized spacial score (nSPS) is 10.4. The Kier molecular flexibility index (Phi) is 5.12. The third-order valence-corrected chi connectivity index (χ3v) is 4.03. The summed E-state index contributed by atoms with van der Waals surface area (Å²) in [5.74, 6) is -0.288. The maximum Gasteiger partial charge on any atom is 0.293 e. The van der Waals surface area contributed by atoms with Crippen LogP contribution in [0.4, 0.5) is 11.4 Å². The number of fused-ring (bicyclic) bond motifs is 1. The molecule has 1 N–H and O–H groups in total. The predicted molar refractivity (Wildman–Crippen MR) is 101 cm³/mol. The van der Waals surface area contributed by atoms with Gasteiger partial charge >= 0.3 is 0 Å². The van der Waals surface area contributed by atoms with Gasteiger partial charge in [0, 0.05) is 6.07 Å². The summed E-state index contributed by atoms with van der Waals surface area (Å²) in [6.07, 6.45) is 0.681. The van der Waals surface area contributed by atoms with Gasteiger partial charge in [0.1, 0.15) is 11.4 Å². The second kappa shape index (κ2) is 7.65. The minimum atomic E-state index is -0.563. The van der Waals surface area contributed by atoms with Crippen LogP contribution in [0.3, 0.4) is 0 Å². The summed E-state index contributed by atoms with van der Waals surface area (Å²) in [4.78, 5) is 34.2. The number of aldehydes is 1. The lowest BCUT2D eigenvalue weighted by Gasteiger charge is -2.11. The fourth-order valence-electron chi connectivity index (χ4n) is 2.75. The van der Waals surface area contributed by atoms with Crippen molar-refractivity contribution in [2.24, 2.45) is 0 Å². The summed E-state index contributed by atoms with van der Waals surface area (Å²) >= 11 is 0. The van der Waals surface area contributed by atoms with Crippen LogP contribution < -0.4 is 10.1 Å². The number of nitro groups is 1. The molecule has 3 aromatic rings. The van der Waals surface area contributed by atoms with Gasteiger partial charge in [0.25, 0.3) is 11.6 Å². The first-order valence-corrected chi connectivity index (χ1v) is 8.14. The van der Waals surface area contributed by atoms with E-state index in [4.69, 9.17) is 4.74 Å². The third-order valence-electron chi connectivity index (χ3n) is 4.03. The molecule has 0 unspecified atom stereocenters. The number of nitro benzene ring substituents is 1. The van der Waals surface area contributed by atoms with Crippen LogP contribution in [0.25, 0.3) is 10.8 Å². The number of nitrogens with zero attached hydrogens (tertiary/aromatic N) is 1. The number of carbonyl (C=O) groups excluding carboxylic acids is 2. The molecule has 0 fully saturated rings. The predicted octanol–water partition coefficient (Wildman–Crippen LogP) is 3.89. The van der Waals surface area contributed by atoms with E-state index in [2.05, 4.69) is 5.32 Å². The fourth-order valence-corrected chi connectivity index (χ4v) is 2.75. The third kappa shape index (κ3) is 3.92. The molecule has 27 heavy (non-hydrogen) atoms. The number of ether oxygens (including phenoxy) is 1. The number of hydrogen-bond donors (Lipinski definition) is 1. The van der Waals surface area contributed by atoms with Crippen molar-refractivity contribution in [2.75, 3.05) is 11.9 Å². The zero-order chi connectivity index (χ0) is 19.4. The van der Waals surface area contributed by atoms with Crippen LogP contribution in [-0.4, -0.2) is 23.7 Å². The Bertz CT molecular complexity index is 1050. The monoisotopic (exact) mass is 364 g/mol. The minimum Gasteiger partial charge on any atom is -0.483 e. The molecular formula is C20H16N2O5. The van der Waals surface area contributed by atoms with E-state index in [1.165, 1.54) is 12.1 Å². The Labute approximate surface area is 154 Å². The molecule has 136 valence electrons. The number of amides is 1. The largest absolute Gasteiger partial charge is 0.483 e. The lowest BCUT2D eigenvalue weighted by molar-refractivity contribution is -0.384. The lowest BCUT2D eigenvalue weighted by Crippen LogP contribution is -2.21. The maximum atomic E-state index is 12.2. The van der Waals surface area contributed by atoms with Crippen LogP contribution in [0.15, 0.2) is 54.6 Å². The number of anilines is 1. The number of aryl methyl sites for hydroxylation is 1. The van der Waals surface area contributed by atoms with Crippen LogP contribution >= 0.6 is 0 Å². The topological polar surface area (TPSA) is 98.5 Å². The van der Waals surface area contributed by atoms with Gasteiger partial charge in [0.15, 0.2) is 12.9 Å². The standard InChI is InChI=1S/C20H16N2O5/c1-13-6-8-17(18(10-13)22(25)26)21-20(24)12-27-19-9-7-14-4-2-3-5-15(14)16(19)11-23/h2-11H,12H2,1H3,(H,21,24). The molecule has 0 saturated carbocycles. The summed E-state index contributed by atoms with van der Waals surface area (Å²) in [5.41, 5.74) is 0.959. The van der Waals surface area contributed by atoms with E-state index in [9.17, 15) is 19.7 Å². The van der Waals surface area contributed by atoms with Crippen LogP contribution in [-0.2, 0) is 4.79 Å². The fraction of sp³-hybridized carbons (Fsp3) is 0.100. The highest BCUT2D eigenvalue weighted by Gasteiger charge is 2.17. The first kappa shape index (κ1) is 18.1. The van der Waals surface area contributed by atoms with Gasteiger partial charge in [0.2, 0.25) is 0 Å². The van der Waals surface area contributed by atoms with E-state index in [1.54, 1.807) is 31.2 Å². The summed E-state index contributed by atoms with van der Waals surface area (Å²) in [5, 5.41) is 15.2. The summed E-state index contributed by atoms with van der Waals surface area (Å²) < 4.78 is 5.48. The molecule has 7 heteroatoms. The van der Waals surface area contributed by atoms with E-state index >= 15 is 0 Å². The SMILES string of the molecule is Cc1ccc(NC(=O)COc2ccc3ccccc3c2C=O)c([N+](=O)[O-])c1. The molecule has 0 aromatic heterocycles. The van der Waals surface area contributed by atoms with Crippen molar-refractivity contribution in [1.82, 2.24) is 0 Å². The Morgan fingerprint density at radius 1 is 1.19 bits per heavy atom. The van der Waals surface area contributed by atoms with Crippen LogP contribution in [0.1, 0.15) is 15.9 Å². The number of nitrogens with one attached hydrogen (secondary N) is 1. The van der Waals surface area contributed by atoms with Gasteiger partial charge in [-0.25, -0.2) is 0 Å². The van der Waals surface area contributed by atoms with Crippen molar-refractivity contribution in [3.63, 3.8) is 0 Å². The van der Waals surface area contributed by atoms with Crippen LogP contribution in [0, 0.1) is 17.0 Å². The first-order valence-electron chi connectivity index (χ1n) is 8.14. The highest BCUT2D eigenvalue weighted by atomic mass is 16.6. The Balaban J connectivity index is 1.76. The highest BCUT2D eigenvalue weighted by Crippen LogP contribution is 2.27. The average molecular weight is 364 g/mol. The van der Waals surface area contributed by atoms with Gasteiger partial charge in [-0.3, -0.25) is 19.7 Å². The average Bonchev–Trinajstić information content (AvgIpc) is 2.67. The zero-order valence-corrected chi connectivity index (χ0v) is 14.5. The molecule has 0 heterocycles. The lowest BCUT2D eigenvalue weighted by atomic mass is 10.0. The summed E-state index contributed by atoms with van der Waals surface area (Å²) in [6.45, 7) is 1.34. The Morgan fingerprint density at radius 3 is 2.70 bits per heavy atom. The molecule has 0 radical (unpaired) electrons. The highest BCUT2D eigenvalue weighted by molar-refractivity contribution is 6.01. The number of hydrogen-bond acceptors (Lipinski definition) is 5. The van der Waals surface area contributed by atoms with Crippen molar-refractivity contribution in [2.45, 2.75) is 6.92 Å². The van der Waals surface area contributed by atoms with Crippen molar-refractivity contribution in [3.05, 3.63) is 75.8 Å². The van der Waals surface area contributed by atoms with Crippen LogP contribution in [0.5, 0.6) is 5.75 Å². The number of carbonyl (C=O) groups is 2. The molecule has 0 saturated heterocycles. The number of benzene rings is 3. The van der Waals surface area contributed by atoms with E-state index in [1.807, 2.05) is 18.2 Å². The van der Waals surface area contributed by atoms with Gasteiger partial charge in [-0.1, -0.05) is 36.4 Å². The molecule has 3 rings (SSSR count). The first-order chi connectivity index (χ1) is 13.0. The van der Waals surface area contributed by atoms with Crippen molar-refractivity contribution in [1.29, 1.82) is 0 Å². The van der Waals surface area contributed by atoms with E-state index in [-0.39, 0.29) is 23.7 Å². The maximum absolute atomic E-state index is 12.2. The van der Waals surface area contributed by atoms with E-state index < -0.39 is 10.8 Å². The zero-order valence-electron chi connectivity index (χ0n) is 14.5. The van der Waals surface area contributed by atoms with Gasteiger partial charge in [0.05, 0.1) is 10.5 Å². The molecule has 7 nitrogen and oxygen atoms in total. The summed E-state index contributed by atoms with van der Waals surface area (Å²) in [7, 11) is 0. The van der Waals surface area contributed by atoms with E-state index in [0.717, 1.165) is 10.8 Å². The molecule has 0 aliphatic rings. The van der Waals surface area contributed by atoms with Gasteiger partial charge in [-0.15, -0.1) is 0 Å². The van der Waals surface area contributed by atoms with Gasteiger partial charge in [-0.05, 0) is 35.4 Å². The molecule has 0 aliphatic heterocycles. The molecule has 0 aliphatic carbocycles. The Morgan fingerprint density at radius 2 is 1.96 bits per heavy atom. The Hall–Kier alpha value is -3.74. The second-order valence-electron chi connectivity index (χ2n) is 5.93. The quantitative estimate of drug-likeness (QED) is 0.406. The van der Waals surface area contributed by atoms with E-state index in [0.29, 0.717) is 17.4 Å². The molecule has 1 amide bonds. The van der Waals surface area contributed by atoms with Crippen molar-refractivity contribution >= 4 is 34.3 Å². The smallest absolute Gasteiger partial charge is 0.293 e. The molecule has 3 aromatic carbocycles. The summed E-state index contributed by atoms with van der Waals surface area (Å²) in [6, 6.07) is 15.3. The van der Waals surface area contributed by atoms with Crippen LogP contribution in [0.2, 0.25) is 0 Å². The second-order valence-corrected chi connectivity index (χ2v) is 5.93. The minimum absolute atomic E-state index is 0.0910. The van der Waals surface area contributed by atoms with Crippen molar-refractivity contribution in [3.8, 4) is 5.75 Å². The van der Waals surface area contributed by atoms with Crippen molar-refractivity contribution < 1.29 is 19.2 Å². The molecule has 0 atom stereocenters. The molecule has 0 bridgehead atoms.